The van der Waals surface area contributed by atoms with Crippen LogP contribution in [0.3, 0.4) is 0 Å². The summed E-state index contributed by atoms with van der Waals surface area (Å²) in [6, 6.07) is 11.1. The van der Waals surface area contributed by atoms with E-state index in [0.29, 0.717) is 23.7 Å². The number of aryl methyl sites for hydroxylation is 1. The van der Waals surface area contributed by atoms with Crippen molar-refractivity contribution in [2.75, 3.05) is 13.7 Å². The van der Waals surface area contributed by atoms with E-state index in [1.807, 2.05) is 25.1 Å². The van der Waals surface area contributed by atoms with Gasteiger partial charge < -0.3 is 9.47 Å². The van der Waals surface area contributed by atoms with Crippen molar-refractivity contribution < 1.29 is 14.3 Å². The van der Waals surface area contributed by atoms with Crippen LogP contribution >= 0.6 is 15.9 Å². The van der Waals surface area contributed by atoms with E-state index in [1.54, 1.807) is 31.5 Å². The highest BCUT2D eigenvalue weighted by Gasteiger charge is 2.10. The van der Waals surface area contributed by atoms with Crippen LogP contribution in [-0.2, 0) is 6.42 Å². The molecule has 0 heterocycles. The van der Waals surface area contributed by atoms with E-state index in [2.05, 4.69) is 33.4 Å². The molecule has 0 radical (unpaired) electrons. The van der Waals surface area contributed by atoms with E-state index in [9.17, 15) is 4.79 Å². The zero-order valence-electron chi connectivity index (χ0n) is 14.5. The Bertz CT molecular complexity index is 758. The molecule has 132 valence electrons. The number of hydrogen-bond donors (Lipinski definition) is 1. The minimum absolute atomic E-state index is 0.254. The fraction of sp³-hybridized carbons (Fsp3) is 0.263. The SMILES string of the molecule is CCOc1c(Br)cc(/C=N\NC(=O)c2ccc(CC)cc2)cc1OC. The molecule has 0 atom stereocenters. The summed E-state index contributed by atoms with van der Waals surface area (Å²) in [5.74, 6) is 0.984. The van der Waals surface area contributed by atoms with E-state index in [0.717, 1.165) is 16.5 Å². The summed E-state index contributed by atoms with van der Waals surface area (Å²) in [7, 11) is 1.58. The number of halogens is 1. The van der Waals surface area contributed by atoms with Gasteiger partial charge in [-0.05, 0) is 64.7 Å². The molecule has 2 rings (SSSR count). The number of methoxy groups -OCH3 is 1. The van der Waals surface area contributed by atoms with Gasteiger partial charge in [-0.3, -0.25) is 4.79 Å². The van der Waals surface area contributed by atoms with Crippen LogP contribution in [-0.4, -0.2) is 25.8 Å². The van der Waals surface area contributed by atoms with Gasteiger partial charge in [-0.1, -0.05) is 19.1 Å². The van der Waals surface area contributed by atoms with E-state index in [1.165, 1.54) is 5.56 Å². The van der Waals surface area contributed by atoms with Crippen LogP contribution in [0.25, 0.3) is 0 Å². The lowest BCUT2D eigenvalue weighted by molar-refractivity contribution is 0.0955. The number of rotatable bonds is 7. The Morgan fingerprint density at radius 1 is 1.24 bits per heavy atom. The fourth-order valence-corrected chi connectivity index (χ4v) is 2.79. The van der Waals surface area contributed by atoms with E-state index < -0.39 is 0 Å². The molecule has 6 heteroatoms. The molecule has 1 amide bonds. The molecule has 0 saturated carbocycles. The highest BCUT2D eigenvalue weighted by Crippen LogP contribution is 2.36. The number of nitrogens with zero attached hydrogens (tertiary/aromatic N) is 1. The van der Waals surface area contributed by atoms with Gasteiger partial charge in [-0.15, -0.1) is 0 Å². The van der Waals surface area contributed by atoms with Crippen molar-refractivity contribution in [3.63, 3.8) is 0 Å². The zero-order chi connectivity index (χ0) is 18.2. The van der Waals surface area contributed by atoms with Crippen LogP contribution in [0.1, 0.15) is 35.3 Å². The smallest absolute Gasteiger partial charge is 0.271 e. The topological polar surface area (TPSA) is 59.9 Å². The van der Waals surface area contributed by atoms with Crippen molar-refractivity contribution >= 4 is 28.1 Å². The molecular weight excluding hydrogens is 384 g/mol. The summed E-state index contributed by atoms with van der Waals surface area (Å²) in [6.07, 6.45) is 2.50. The summed E-state index contributed by atoms with van der Waals surface area (Å²) in [5, 5.41) is 4.01. The number of hydrazone groups is 1. The predicted octanol–water partition coefficient (Wildman–Crippen LogP) is 4.18. The van der Waals surface area contributed by atoms with Gasteiger partial charge in [-0.25, -0.2) is 5.43 Å². The Balaban J connectivity index is 2.08. The maximum Gasteiger partial charge on any atom is 0.271 e. The molecule has 0 aliphatic heterocycles. The minimum Gasteiger partial charge on any atom is -0.493 e. The van der Waals surface area contributed by atoms with Crippen LogP contribution in [0.5, 0.6) is 11.5 Å². The van der Waals surface area contributed by atoms with Crippen LogP contribution < -0.4 is 14.9 Å². The van der Waals surface area contributed by atoms with Crippen molar-refractivity contribution in [2.24, 2.45) is 5.10 Å². The molecule has 5 nitrogen and oxygen atoms in total. The Morgan fingerprint density at radius 2 is 1.96 bits per heavy atom. The normalized spacial score (nSPS) is 10.7. The van der Waals surface area contributed by atoms with Crippen molar-refractivity contribution in [3.05, 3.63) is 57.6 Å². The lowest BCUT2D eigenvalue weighted by atomic mass is 10.1. The molecule has 2 aromatic carbocycles. The lowest BCUT2D eigenvalue weighted by Gasteiger charge is -2.11. The Labute approximate surface area is 156 Å². The Morgan fingerprint density at radius 3 is 2.56 bits per heavy atom. The van der Waals surface area contributed by atoms with Crippen LogP contribution in [0, 0.1) is 0 Å². The molecule has 0 spiro atoms. The van der Waals surface area contributed by atoms with Crippen molar-refractivity contribution in [1.29, 1.82) is 0 Å². The second kappa shape index (κ2) is 9.22. The van der Waals surface area contributed by atoms with Gasteiger partial charge in [0.15, 0.2) is 11.5 Å². The summed E-state index contributed by atoms with van der Waals surface area (Å²) >= 11 is 3.46. The molecule has 1 N–H and O–H groups in total. The standard InChI is InChI=1S/C19H21BrN2O3/c1-4-13-6-8-15(9-7-13)19(23)22-21-12-14-10-16(20)18(25-5-2)17(11-14)24-3/h6-12H,4-5H2,1-3H3,(H,22,23)/b21-12-. The Hall–Kier alpha value is -2.34. The third-order valence-corrected chi connectivity index (χ3v) is 4.13. The minimum atomic E-state index is -0.254. The van der Waals surface area contributed by atoms with Crippen LogP contribution in [0.2, 0.25) is 0 Å². The highest BCUT2D eigenvalue weighted by molar-refractivity contribution is 9.10. The summed E-state index contributed by atoms with van der Waals surface area (Å²) in [5.41, 5.74) is 5.05. The fourth-order valence-electron chi connectivity index (χ4n) is 2.22. The highest BCUT2D eigenvalue weighted by atomic mass is 79.9. The third-order valence-electron chi connectivity index (χ3n) is 3.54. The molecular formula is C19H21BrN2O3. The molecule has 2 aromatic rings. The number of amides is 1. The molecule has 0 unspecified atom stereocenters. The largest absolute Gasteiger partial charge is 0.493 e. The van der Waals surface area contributed by atoms with E-state index in [4.69, 9.17) is 9.47 Å². The lowest BCUT2D eigenvalue weighted by Crippen LogP contribution is -2.17. The van der Waals surface area contributed by atoms with Gasteiger partial charge in [0.25, 0.3) is 5.91 Å². The average Bonchev–Trinajstić information content (AvgIpc) is 2.63. The predicted molar refractivity (Wildman–Crippen MR) is 103 cm³/mol. The van der Waals surface area contributed by atoms with Gasteiger partial charge in [0.1, 0.15) is 0 Å². The molecule has 0 aliphatic carbocycles. The Kier molecular flexibility index (Phi) is 7.01. The first-order chi connectivity index (χ1) is 12.1. The second-order valence-electron chi connectivity index (χ2n) is 5.22. The molecule has 0 aromatic heterocycles. The van der Waals surface area contributed by atoms with Crippen molar-refractivity contribution in [2.45, 2.75) is 20.3 Å². The number of carbonyl (C=O) groups is 1. The molecule has 0 saturated heterocycles. The summed E-state index contributed by atoms with van der Waals surface area (Å²) in [4.78, 5) is 12.1. The van der Waals surface area contributed by atoms with Crippen LogP contribution in [0.15, 0.2) is 46.0 Å². The second-order valence-corrected chi connectivity index (χ2v) is 6.07. The van der Waals surface area contributed by atoms with Gasteiger partial charge in [0, 0.05) is 5.56 Å². The van der Waals surface area contributed by atoms with Crippen LogP contribution in [0.4, 0.5) is 0 Å². The number of nitrogens with one attached hydrogen (secondary N) is 1. The first kappa shape index (κ1) is 19.0. The number of carbonyl (C=O) groups excluding carboxylic acids is 1. The third kappa shape index (κ3) is 5.06. The quantitative estimate of drug-likeness (QED) is 0.555. The first-order valence-electron chi connectivity index (χ1n) is 8.01. The molecule has 25 heavy (non-hydrogen) atoms. The van der Waals surface area contributed by atoms with E-state index in [-0.39, 0.29) is 5.91 Å². The monoisotopic (exact) mass is 404 g/mol. The van der Waals surface area contributed by atoms with Gasteiger partial charge >= 0.3 is 0 Å². The summed E-state index contributed by atoms with van der Waals surface area (Å²) < 4.78 is 11.6. The van der Waals surface area contributed by atoms with Gasteiger partial charge in [0.2, 0.25) is 0 Å². The maximum atomic E-state index is 12.1. The first-order valence-corrected chi connectivity index (χ1v) is 8.81. The molecule has 0 bridgehead atoms. The number of ether oxygens (including phenoxy) is 2. The molecule has 0 aliphatic rings. The number of hydrogen-bond acceptors (Lipinski definition) is 4. The van der Waals surface area contributed by atoms with Gasteiger partial charge in [-0.2, -0.15) is 5.10 Å². The van der Waals surface area contributed by atoms with Gasteiger partial charge in [0.05, 0.1) is 24.4 Å². The zero-order valence-corrected chi connectivity index (χ0v) is 16.1. The molecule has 0 fully saturated rings. The van der Waals surface area contributed by atoms with Crippen molar-refractivity contribution in [3.8, 4) is 11.5 Å². The number of benzene rings is 2. The van der Waals surface area contributed by atoms with E-state index >= 15 is 0 Å². The van der Waals surface area contributed by atoms with Crippen molar-refractivity contribution in [1.82, 2.24) is 5.43 Å². The maximum absolute atomic E-state index is 12.1. The summed E-state index contributed by atoms with van der Waals surface area (Å²) in [6.45, 7) is 4.52. The average molecular weight is 405 g/mol.